The lowest BCUT2D eigenvalue weighted by Crippen LogP contribution is -2.14. The third kappa shape index (κ3) is 5.70. The van der Waals surface area contributed by atoms with Gasteiger partial charge in [0.25, 0.3) is 5.69 Å². The number of rotatable bonds is 8. The summed E-state index contributed by atoms with van der Waals surface area (Å²) in [6.07, 6.45) is 4.52. The van der Waals surface area contributed by atoms with Gasteiger partial charge in [-0.15, -0.1) is 0 Å². The minimum atomic E-state index is -0.375. The Kier molecular flexibility index (Phi) is 6.65. The summed E-state index contributed by atoms with van der Waals surface area (Å²) in [5.74, 6) is 1.21. The summed E-state index contributed by atoms with van der Waals surface area (Å²) in [5.41, 5.74) is 1.23. The van der Waals surface area contributed by atoms with Crippen LogP contribution in [0.5, 0.6) is 0 Å². The average Bonchev–Trinajstić information content (AvgIpc) is 2.34. The molecule has 1 aromatic rings. The standard InChI is InChI=1S/C12H18N2O2S/c1-17-9-3-2-8-13-10-11-4-6-12(7-5-11)14(15)16/h4-7,13H,2-3,8-10H2,1H3. The van der Waals surface area contributed by atoms with E-state index >= 15 is 0 Å². The van der Waals surface area contributed by atoms with E-state index in [0.717, 1.165) is 18.7 Å². The first-order valence-corrected chi connectivity index (χ1v) is 7.06. The fourth-order valence-electron chi connectivity index (χ4n) is 1.46. The summed E-state index contributed by atoms with van der Waals surface area (Å²) in [6, 6.07) is 6.69. The molecule has 1 N–H and O–H groups in total. The normalized spacial score (nSPS) is 10.4. The molecule has 94 valence electrons. The predicted octanol–water partition coefficient (Wildman–Crippen LogP) is 2.83. The Morgan fingerprint density at radius 1 is 1.29 bits per heavy atom. The maximum Gasteiger partial charge on any atom is 0.269 e. The highest BCUT2D eigenvalue weighted by atomic mass is 32.2. The van der Waals surface area contributed by atoms with E-state index in [-0.39, 0.29) is 10.6 Å². The number of non-ortho nitro benzene ring substituents is 1. The Hall–Kier alpha value is -1.07. The van der Waals surface area contributed by atoms with Crippen LogP contribution in [0.25, 0.3) is 0 Å². The molecule has 0 heterocycles. The Labute approximate surface area is 106 Å². The summed E-state index contributed by atoms with van der Waals surface area (Å²) >= 11 is 1.87. The van der Waals surface area contributed by atoms with E-state index in [9.17, 15) is 10.1 Å². The van der Waals surface area contributed by atoms with Crippen molar-refractivity contribution in [2.45, 2.75) is 19.4 Å². The Morgan fingerprint density at radius 3 is 2.59 bits per heavy atom. The van der Waals surface area contributed by atoms with Gasteiger partial charge in [-0.2, -0.15) is 11.8 Å². The molecule has 4 nitrogen and oxygen atoms in total. The average molecular weight is 254 g/mol. The molecule has 0 radical (unpaired) electrons. The molecule has 1 aromatic carbocycles. The number of nitrogens with zero attached hydrogens (tertiary/aromatic N) is 1. The highest BCUT2D eigenvalue weighted by Crippen LogP contribution is 2.11. The molecule has 0 aliphatic carbocycles. The lowest BCUT2D eigenvalue weighted by Gasteiger charge is -2.04. The van der Waals surface area contributed by atoms with Gasteiger partial charge in [0, 0.05) is 18.7 Å². The highest BCUT2D eigenvalue weighted by Gasteiger charge is 2.03. The minimum Gasteiger partial charge on any atom is -0.313 e. The van der Waals surface area contributed by atoms with Crippen molar-refractivity contribution in [3.63, 3.8) is 0 Å². The van der Waals surface area contributed by atoms with E-state index < -0.39 is 0 Å². The van der Waals surface area contributed by atoms with Crippen molar-refractivity contribution in [1.29, 1.82) is 0 Å². The van der Waals surface area contributed by atoms with E-state index in [1.807, 2.05) is 11.8 Å². The molecular weight excluding hydrogens is 236 g/mol. The van der Waals surface area contributed by atoms with E-state index in [1.54, 1.807) is 24.3 Å². The molecule has 0 saturated heterocycles. The van der Waals surface area contributed by atoms with Crippen LogP contribution in [0.1, 0.15) is 18.4 Å². The van der Waals surface area contributed by atoms with Crippen molar-refractivity contribution in [3.8, 4) is 0 Å². The second-order valence-electron chi connectivity index (χ2n) is 3.80. The number of nitro benzene ring substituents is 1. The molecule has 0 aromatic heterocycles. The first-order valence-electron chi connectivity index (χ1n) is 5.67. The zero-order valence-corrected chi connectivity index (χ0v) is 10.8. The Bertz CT molecular complexity index is 341. The van der Waals surface area contributed by atoms with Crippen LogP contribution in [0.3, 0.4) is 0 Å². The van der Waals surface area contributed by atoms with Gasteiger partial charge in [-0.1, -0.05) is 12.1 Å². The summed E-state index contributed by atoms with van der Waals surface area (Å²) < 4.78 is 0. The number of hydrogen-bond donors (Lipinski definition) is 1. The van der Waals surface area contributed by atoms with Gasteiger partial charge in [0.15, 0.2) is 0 Å². The third-order valence-electron chi connectivity index (χ3n) is 2.43. The lowest BCUT2D eigenvalue weighted by atomic mass is 10.2. The Morgan fingerprint density at radius 2 is 2.00 bits per heavy atom. The van der Waals surface area contributed by atoms with Crippen molar-refractivity contribution in [1.82, 2.24) is 5.32 Å². The molecule has 1 rings (SSSR count). The maximum absolute atomic E-state index is 10.5. The van der Waals surface area contributed by atoms with Gasteiger partial charge in [-0.3, -0.25) is 10.1 Å². The molecule has 0 spiro atoms. The Balaban J connectivity index is 2.21. The quantitative estimate of drug-likeness (QED) is 0.440. The fourth-order valence-corrected chi connectivity index (χ4v) is 1.96. The first-order chi connectivity index (χ1) is 8.24. The molecule has 0 aliphatic heterocycles. The van der Waals surface area contributed by atoms with Crippen LogP contribution in [0.4, 0.5) is 5.69 Å². The fraction of sp³-hybridized carbons (Fsp3) is 0.500. The van der Waals surface area contributed by atoms with Gasteiger partial charge in [-0.25, -0.2) is 0 Å². The van der Waals surface area contributed by atoms with E-state index in [0.29, 0.717) is 0 Å². The first kappa shape index (κ1) is 14.0. The number of nitrogens with one attached hydrogen (secondary N) is 1. The van der Waals surface area contributed by atoms with Crippen molar-refractivity contribution in [3.05, 3.63) is 39.9 Å². The zero-order valence-electron chi connectivity index (χ0n) is 10.0. The number of unbranched alkanes of at least 4 members (excludes halogenated alkanes) is 1. The minimum absolute atomic E-state index is 0.147. The lowest BCUT2D eigenvalue weighted by molar-refractivity contribution is -0.384. The van der Waals surface area contributed by atoms with Gasteiger partial charge in [0.1, 0.15) is 0 Å². The smallest absolute Gasteiger partial charge is 0.269 e. The summed E-state index contributed by atoms with van der Waals surface area (Å²) in [4.78, 5) is 10.1. The maximum atomic E-state index is 10.5. The van der Waals surface area contributed by atoms with E-state index in [2.05, 4.69) is 11.6 Å². The van der Waals surface area contributed by atoms with Gasteiger partial charge >= 0.3 is 0 Å². The third-order valence-corrected chi connectivity index (χ3v) is 3.13. The summed E-state index contributed by atoms with van der Waals surface area (Å²) in [6.45, 7) is 1.77. The van der Waals surface area contributed by atoms with Crippen molar-refractivity contribution < 1.29 is 4.92 Å². The van der Waals surface area contributed by atoms with Crippen molar-refractivity contribution in [2.24, 2.45) is 0 Å². The van der Waals surface area contributed by atoms with Crippen molar-refractivity contribution >= 4 is 17.4 Å². The second-order valence-corrected chi connectivity index (χ2v) is 4.79. The molecule has 0 amide bonds. The molecule has 0 bridgehead atoms. The summed E-state index contributed by atoms with van der Waals surface area (Å²) in [7, 11) is 0. The SMILES string of the molecule is CSCCCCNCc1ccc([N+](=O)[O-])cc1. The van der Waals surface area contributed by atoms with Crippen LogP contribution in [-0.2, 0) is 6.54 Å². The van der Waals surface area contributed by atoms with Crippen LogP contribution < -0.4 is 5.32 Å². The molecule has 0 unspecified atom stereocenters. The molecule has 5 heteroatoms. The molecule has 0 fully saturated rings. The number of hydrogen-bond acceptors (Lipinski definition) is 4. The van der Waals surface area contributed by atoms with Gasteiger partial charge in [0.05, 0.1) is 4.92 Å². The molecule has 0 atom stereocenters. The number of benzene rings is 1. The van der Waals surface area contributed by atoms with E-state index in [1.165, 1.54) is 18.6 Å². The van der Waals surface area contributed by atoms with Crippen LogP contribution in [0, 0.1) is 10.1 Å². The molecule has 0 saturated carbocycles. The molecule has 17 heavy (non-hydrogen) atoms. The van der Waals surface area contributed by atoms with Crippen LogP contribution in [-0.4, -0.2) is 23.5 Å². The van der Waals surface area contributed by atoms with E-state index in [4.69, 9.17) is 0 Å². The van der Waals surface area contributed by atoms with Crippen LogP contribution in [0.15, 0.2) is 24.3 Å². The highest BCUT2D eigenvalue weighted by molar-refractivity contribution is 7.98. The van der Waals surface area contributed by atoms with Crippen molar-refractivity contribution in [2.75, 3.05) is 18.6 Å². The van der Waals surface area contributed by atoms with Crippen LogP contribution in [0.2, 0.25) is 0 Å². The largest absolute Gasteiger partial charge is 0.313 e. The number of thioether (sulfide) groups is 1. The second kappa shape index (κ2) is 8.08. The molecule has 0 aliphatic rings. The van der Waals surface area contributed by atoms with Crippen LogP contribution >= 0.6 is 11.8 Å². The predicted molar refractivity (Wildman–Crippen MR) is 72.4 cm³/mol. The topological polar surface area (TPSA) is 55.2 Å². The summed E-state index contributed by atoms with van der Waals surface area (Å²) in [5, 5.41) is 13.8. The zero-order chi connectivity index (χ0) is 12.5. The van der Waals surface area contributed by atoms with Gasteiger partial charge in [0.2, 0.25) is 0 Å². The monoisotopic (exact) mass is 254 g/mol. The van der Waals surface area contributed by atoms with Gasteiger partial charge < -0.3 is 5.32 Å². The van der Waals surface area contributed by atoms with Gasteiger partial charge in [-0.05, 0) is 37.0 Å². The molecular formula is C12H18N2O2S. The number of nitro groups is 1.